The van der Waals surface area contributed by atoms with Crippen molar-refractivity contribution >= 4 is 17.6 Å². The average Bonchev–Trinajstić information content (AvgIpc) is 2.63. The molecule has 0 aromatic rings. The van der Waals surface area contributed by atoms with Crippen molar-refractivity contribution in [3.05, 3.63) is 0 Å². The number of nitrogens with zero attached hydrogens (tertiary/aromatic N) is 2. The van der Waals surface area contributed by atoms with Gasteiger partial charge < -0.3 is 10.2 Å². The van der Waals surface area contributed by atoms with E-state index in [0.717, 1.165) is 19.3 Å². The van der Waals surface area contributed by atoms with Crippen LogP contribution in [-0.4, -0.2) is 45.0 Å². The molecule has 1 aliphatic heterocycles. The van der Waals surface area contributed by atoms with Gasteiger partial charge in [0.15, 0.2) is 0 Å². The lowest BCUT2D eigenvalue weighted by Gasteiger charge is -2.32. The quantitative estimate of drug-likeness (QED) is 0.795. The molecule has 0 bridgehead atoms. The molecule has 3 unspecified atom stereocenters. The minimum absolute atomic E-state index is 0.0374. The van der Waals surface area contributed by atoms with Crippen molar-refractivity contribution in [3.8, 4) is 0 Å². The van der Waals surface area contributed by atoms with Crippen molar-refractivity contribution in [2.24, 2.45) is 11.0 Å². The summed E-state index contributed by atoms with van der Waals surface area (Å²) in [7, 11) is 0. The largest absolute Gasteiger partial charge is 0.481 e. The van der Waals surface area contributed by atoms with E-state index >= 15 is 0 Å². The minimum atomic E-state index is -0.906. The van der Waals surface area contributed by atoms with E-state index in [1.165, 1.54) is 5.01 Å². The summed E-state index contributed by atoms with van der Waals surface area (Å²) in [6.45, 7) is 1.75. The topological polar surface area (TPSA) is 90.2 Å². The van der Waals surface area contributed by atoms with Crippen molar-refractivity contribution < 1.29 is 19.8 Å². The van der Waals surface area contributed by atoms with Crippen LogP contribution in [0.25, 0.3) is 0 Å². The molecule has 6 heteroatoms. The maximum atomic E-state index is 12.3. The van der Waals surface area contributed by atoms with Gasteiger partial charge in [-0.05, 0) is 26.2 Å². The molecule has 1 saturated carbocycles. The second-order valence-corrected chi connectivity index (χ2v) is 5.33. The first-order valence-electron chi connectivity index (χ1n) is 6.78. The Kier molecular flexibility index (Phi) is 4.19. The van der Waals surface area contributed by atoms with E-state index in [0.29, 0.717) is 12.1 Å². The number of carbonyl (C=O) groups is 2. The highest BCUT2D eigenvalue weighted by Crippen LogP contribution is 2.29. The van der Waals surface area contributed by atoms with Crippen molar-refractivity contribution in [1.29, 1.82) is 0 Å². The first-order chi connectivity index (χ1) is 9.00. The third-order valence-electron chi connectivity index (χ3n) is 3.95. The van der Waals surface area contributed by atoms with E-state index < -0.39 is 18.0 Å². The molecule has 1 fully saturated rings. The lowest BCUT2D eigenvalue weighted by atomic mass is 9.91. The van der Waals surface area contributed by atoms with Gasteiger partial charge in [-0.25, -0.2) is 5.01 Å². The SMILES string of the molecule is CC1=NN(C2CCCCC2O)C(=O)C1CCC(=O)O. The van der Waals surface area contributed by atoms with Crippen LogP contribution in [0, 0.1) is 5.92 Å². The molecule has 0 radical (unpaired) electrons. The van der Waals surface area contributed by atoms with E-state index in [-0.39, 0.29) is 24.8 Å². The third kappa shape index (κ3) is 2.94. The van der Waals surface area contributed by atoms with Crippen LogP contribution in [0.15, 0.2) is 5.10 Å². The van der Waals surface area contributed by atoms with Crippen molar-refractivity contribution in [1.82, 2.24) is 5.01 Å². The van der Waals surface area contributed by atoms with Crippen LogP contribution in [-0.2, 0) is 9.59 Å². The van der Waals surface area contributed by atoms with Gasteiger partial charge in [0.1, 0.15) is 0 Å². The first-order valence-corrected chi connectivity index (χ1v) is 6.78. The zero-order valence-corrected chi connectivity index (χ0v) is 11.1. The van der Waals surface area contributed by atoms with Gasteiger partial charge in [-0.1, -0.05) is 12.8 Å². The number of amides is 1. The number of carboxylic acids is 1. The standard InChI is InChI=1S/C13H20N2O4/c1-8-9(6-7-12(17)18)13(19)15(14-8)10-4-2-3-5-11(10)16/h9-11,16H,2-7H2,1H3,(H,17,18). The molecule has 0 aromatic carbocycles. The number of rotatable bonds is 4. The molecular formula is C13H20N2O4. The second kappa shape index (κ2) is 5.69. The molecule has 6 nitrogen and oxygen atoms in total. The van der Waals surface area contributed by atoms with Crippen LogP contribution in [0.4, 0.5) is 0 Å². The van der Waals surface area contributed by atoms with Gasteiger partial charge in [-0.2, -0.15) is 5.10 Å². The Morgan fingerprint density at radius 2 is 2.11 bits per heavy atom. The molecule has 19 heavy (non-hydrogen) atoms. The zero-order valence-electron chi connectivity index (χ0n) is 11.1. The number of aliphatic hydroxyl groups is 1. The van der Waals surface area contributed by atoms with Gasteiger partial charge in [-0.3, -0.25) is 9.59 Å². The Morgan fingerprint density at radius 1 is 1.42 bits per heavy atom. The maximum Gasteiger partial charge on any atom is 0.303 e. The van der Waals surface area contributed by atoms with E-state index in [1.807, 2.05) is 0 Å². The molecule has 2 rings (SSSR count). The summed E-state index contributed by atoms with van der Waals surface area (Å²) in [4.78, 5) is 22.9. The summed E-state index contributed by atoms with van der Waals surface area (Å²) in [5.74, 6) is -1.51. The molecule has 2 N–H and O–H groups in total. The predicted octanol–water partition coefficient (Wildman–Crippen LogP) is 0.989. The Balaban J connectivity index is 2.04. The highest BCUT2D eigenvalue weighted by Gasteiger charge is 2.40. The van der Waals surface area contributed by atoms with Crippen molar-refractivity contribution in [3.63, 3.8) is 0 Å². The summed E-state index contributed by atoms with van der Waals surface area (Å²) in [5, 5.41) is 24.3. The maximum absolute atomic E-state index is 12.3. The van der Waals surface area contributed by atoms with Gasteiger partial charge in [0.2, 0.25) is 0 Å². The lowest BCUT2D eigenvalue weighted by molar-refractivity contribution is -0.139. The fourth-order valence-corrected chi connectivity index (χ4v) is 2.84. The summed E-state index contributed by atoms with van der Waals surface area (Å²) >= 11 is 0. The highest BCUT2D eigenvalue weighted by atomic mass is 16.4. The summed E-state index contributed by atoms with van der Waals surface area (Å²) in [5.41, 5.74) is 0.657. The number of carboxylic acid groups (broad SMARTS) is 1. The molecule has 0 saturated heterocycles. The van der Waals surface area contributed by atoms with Crippen LogP contribution in [0.3, 0.4) is 0 Å². The van der Waals surface area contributed by atoms with Crippen LogP contribution in [0.5, 0.6) is 0 Å². The minimum Gasteiger partial charge on any atom is -0.481 e. The van der Waals surface area contributed by atoms with E-state index in [1.54, 1.807) is 6.92 Å². The van der Waals surface area contributed by atoms with E-state index in [4.69, 9.17) is 5.11 Å². The Labute approximate surface area is 112 Å². The average molecular weight is 268 g/mol. The van der Waals surface area contributed by atoms with Crippen LogP contribution in [0.1, 0.15) is 45.4 Å². The molecule has 3 atom stereocenters. The number of hydrogen-bond acceptors (Lipinski definition) is 4. The normalized spacial score (nSPS) is 31.5. The molecular weight excluding hydrogens is 248 g/mol. The Bertz CT molecular complexity index is 407. The zero-order chi connectivity index (χ0) is 14.0. The molecule has 106 valence electrons. The summed E-state index contributed by atoms with van der Waals surface area (Å²) in [6, 6.07) is -0.244. The van der Waals surface area contributed by atoms with Crippen LogP contribution < -0.4 is 0 Å². The molecule has 2 aliphatic rings. The molecule has 1 aliphatic carbocycles. The highest BCUT2D eigenvalue weighted by molar-refractivity contribution is 6.07. The molecule has 0 aromatic heterocycles. The number of hydrazone groups is 1. The molecule has 1 amide bonds. The number of aliphatic carboxylic acids is 1. The van der Waals surface area contributed by atoms with Gasteiger partial charge in [0.25, 0.3) is 5.91 Å². The fraction of sp³-hybridized carbons (Fsp3) is 0.769. The van der Waals surface area contributed by atoms with E-state index in [2.05, 4.69) is 5.10 Å². The Morgan fingerprint density at radius 3 is 2.74 bits per heavy atom. The van der Waals surface area contributed by atoms with Gasteiger partial charge in [0.05, 0.1) is 18.1 Å². The second-order valence-electron chi connectivity index (χ2n) is 5.33. The number of hydrogen-bond donors (Lipinski definition) is 2. The predicted molar refractivity (Wildman–Crippen MR) is 68.6 cm³/mol. The Hall–Kier alpha value is -1.43. The number of carbonyl (C=O) groups excluding carboxylic acids is 1. The fourth-order valence-electron chi connectivity index (χ4n) is 2.84. The summed E-state index contributed by atoms with van der Waals surface area (Å²) < 4.78 is 0. The lowest BCUT2D eigenvalue weighted by Crippen LogP contribution is -2.45. The molecule has 1 heterocycles. The van der Waals surface area contributed by atoms with Crippen LogP contribution in [0.2, 0.25) is 0 Å². The summed E-state index contributed by atoms with van der Waals surface area (Å²) in [6.07, 6.45) is 3.14. The first kappa shape index (κ1) is 14.0. The van der Waals surface area contributed by atoms with Gasteiger partial charge >= 0.3 is 5.97 Å². The van der Waals surface area contributed by atoms with Gasteiger partial charge in [0, 0.05) is 12.1 Å². The van der Waals surface area contributed by atoms with Gasteiger partial charge in [-0.15, -0.1) is 0 Å². The number of aliphatic hydroxyl groups excluding tert-OH is 1. The van der Waals surface area contributed by atoms with Crippen molar-refractivity contribution in [2.45, 2.75) is 57.6 Å². The monoisotopic (exact) mass is 268 g/mol. The third-order valence-corrected chi connectivity index (χ3v) is 3.95. The van der Waals surface area contributed by atoms with Crippen molar-refractivity contribution in [2.75, 3.05) is 0 Å². The van der Waals surface area contributed by atoms with Crippen LogP contribution >= 0.6 is 0 Å². The smallest absolute Gasteiger partial charge is 0.303 e. The molecule has 0 spiro atoms. The van der Waals surface area contributed by atoms with E-state index in [9.17, 15) is 14.7 Å².